The van der Waals surface area contributed by atoms with Crippen molar-refractivity contribution in [1.29, 1.82) is 0 Å². The minimum atomic E-state index is -0.253. The molecule has 0 radical (unpaired) electrons. The molecule has 0 heterocycles. The third-order valence-corrected chi connectivity index (χ3v) is 5.18. The molecule has 128 valence electrons. The van der Waals surface area contributed by atoms with E-state index in [1.165, 1.54) is 76.7 Å². The predicted octanol–water partition coefficient (Wildman–Crippen LogP) is 6.25. The Morgan fingerprint density at radius 3 is 2.26 bits per heavy atom. The Hall–Kier alpha value is -1.31. The Kier molecular flexibility index (Phi) is 7.64. The van der Waals surface area contributed by atoms with Gasteiger partial charge in [0.1, 0.15) is 5.75 Å². The van der Waals surface area contributed by atoms with E-state index in [4.69, 9.17) is 4.74 Å². The van der Waals surface area contributed by atoms with E-state index in [1.807, 2.05) is 12.1 Å². The predicted molar refractivity (Wildman–Crippen MR) is 95.8 cm³/mol. The molecule has 1 aliphatic carbocycles. The Balaban J connectivity index is 1.70. The van der Waals surface area contributed by atoms with Gasteiger partial charge in [-0.1, -0.05) is 57.6 Å². The second kappa shape index (κ2) is 9.75. The van der Waals surface area contributed by atoms with Gasteiger partial charge in [0.25, 0.3) is 0 Å². The van der Waals surface area contributed by atoms with Crippen LogP contribution in [0.4, 0.5) is 0 Å². The molecule has 0 saturated heterocycles. The van der Waals surface area contributed by atoms with Crippen LogP contribution in [0.2, 0.25) is 0 Å². The first-order chi connectivity index (χ1) is 11.2. The van der Waals surface area contributed by atoms with Crippen molar-refractivity contribution in [2.75, 3.05) is 0 Å². The van der Waals surface area contributed by atoms with Crippen LogP contribution in [0, 0.1) is 5.92 Å². The van der Waals surface area contributed by atoms with Crippen LogP contribution in [0.3, 0.4) is 0 Å². The van der Waals surface area contributed by atoms with E-state index in [-0.39, 0.29) is 5.97 Å². The van der Waals surface area contributed by atoms with Crippen molar-refractivity contribution in [3.8, 4) is 5.75 Å². The maximum Gasteiger partial charge on any atom is 0.308 e. The van der Waals surface area contributed by atoms with Crippen molar-refractivity contribution in [2.24, 2.45) is 5.92 Å². The van der Waals surface area contributed by atoms with Crippen molar-refractivity contribution in [2.45, 2.75) is 84.0 Å². The smallest absolute Gasteiger partial charge is 0.308 e. The van der Waals surface area contributed by atoms with Gasteiger partial charge in [0, 0.05) is 6.92 Å². The SMILES string of the molecule is CCCCCCCC1CCC(c2ccc(OC(C)=O)cc2)CC1. The van der Waals surface area contributed by atoms with Crippen LogP contribution in [0.5, 0.6) is 5.75 Å². The summed E-state index contributed by atoms with van der Waals surface area (Å²) in [5.41, 5.74) is 1.40. The summed E-state index contributed by atoms with van der Waals surface area (Å²) in [5.74, 6) is 2.05. The Bertz CT molecular complexity index is 455. The molecule has 1 aromatic rings. The minimum Gasteiger partial charge on any atom is -0.427 e. The van der Waals surface area contributed by atoms with E-state index in [1.54, 1.807) is 0 Å². The Morgan fingerprint density at radius 2 is 1.65 bits per heavy atom. The molecule has 0 atom stereocenters. The molecule has 23 heavy (non-hydrogen) atoms. The monoisotopic (exact) mass is 316 g/mol. The molecule has 1 saturated carbocycles. The van der Waals surface area contributed by atoms with Crippen LogP contribution in [0.25, 0.3) is 0 Å². The Labute approximate surface area is 141 Å². The van der Waals surface area contributed by atoms with Crippen molar-refractivity contribution < 1.29 is 9.53 Å². The summed E-state index contributed by atoms with van der Waals surface area (Å²) in [6.07, 6.45) is 13.8. The van der Waals surface area contributed by atoms with Gasteiger partial charge in [0.15, 0.2) is 0 Å². The van der Waals surface area contributed by atoms with E-state index >= 15 is 0 Å². The zero-order valence-electron chi connectivity index (χ0n) is 14.9. The van der Waals surface area contributed by atoms with Gasteiger partial charge >= 0.3 is 5.97 Å². The summed E-state index contributed by atoms with van der Waals surface area (Å²) < 4.78 is 5.11. The topological polar surface area (TPSA) is 26.3 Å². The molecule has 2 rings (SSSR count). The third kappa shape index (κ3) is 6.37. The van der Waals surface area contributed by atoms with Crippen molar-refractivity contribution in [3.05, 3.63) is 29.8 Å². The van der Waals surface area contributed by atoms with E-state index < -0.39 is 0 Å². The molecule has 0 bridgehead atoms. The highest BCUT2D eigenvalue weighted by Gasteiger charge is 2.22. The number of hydrogen-bond donors (Lipinski definition) is 0. The molecule has 2 nitrogen and oxygen atoms in total. The first-order valence-corrected chi connectivity index (χ1v) is 9.47. The zero-order chi connectivity index (χ0) is 16.5. The van der Waals surface area contributed by atoms with E-state index in [0.717, 1.165) is 5.92 Å². The fourth-order valence-electron chi connectivity index (χ4n) is 3.80. The lowest BCUT2D eigenvalue weighted by Crippen LogP contribution is -2.13. The van der Waals surface area contributed by atoms with E-state index in [9.17, 15) is 4.79 Å². The summed E-state index contributed by atoms with van der Waals surface area (Å²) in [7, 11) is 0. The summed E-state index contributed by atoms with van der Waals surface area (Å²) in [5, 5.41) is 0. The first kappa shape index (κ1) is 18.0. The molecule has 0 spiro atoms. The van der Waals surface area contributed by atoms with Gasteiger partial charge < -0.3 is 4.74 Å². The molecule has 0 unspecified atom stereocenters. The first-order valence-electron chi connectivity index (χ1n) is 9.47. The van der Waals surface area contributed by atoms with E-state index in [0.29, 0.717) is 11.7 Å². The molecule has 1 aromatic carbocycles. The second-order valence-corrected chi connectivity index (χ2v) is 7.08. The van der Waals surface area contributed by atoms with Crippen molar-refractivity contribution in [1.82, 2.24) is 0 Å². The molecule has 0 amide bonds. The lowest BCUT2D eigenvalue weighted by Gasteiger charge is -2.29. The van der Waals surface area contributed by atoms with Gasteiger partial charge in [-0.05, 0) is 55.2 Å². The molecule has 0 N–H and O–H groups in total. The van der Waals surface area contributed by atoms with Crippen LogP contribution in [-0.2, 0) is 4.79 Å². The number of hydrogen-bond acceptors (Lipinski definition) is 2. The van der Waals surface area contributed by atoms with Crippen LogP contribution in [-0.4, -0.2) is 5.97 Å². The van der Waals surface area contributed by atoms with Gasteiger partial charge in [-0.25, -0.2) is 0 Å². The second-order valence-electron chi connectivity index (χ2n) is 7.08. The minimum absolute atomic E-state index is 0.253. The van der Waals surface area contributed by atoms with Crippen molar-refractivity contribution in [3.63, 3.8) is 0 Å². The molecule has 2 heteroatoms. The quantitative estimate of drug-likeness (QED) is 0.322. The summed E-state index contributed by atoms with van der Waals surface area (Å²) in [6.45, 7) is 3.72. The lowest BCUT2D eigenvalue weighted by molar-refractivity contribution is -0.131. The van der Waals surface area contributed by atoms with Crippen LogP contribution >= 0.6 is 0 Å². The highest BCUT2D eigenvalue weighted by Crippen LogP contribution is 2.38. The molecule has 0 aromatic heterocycles. The van der Waals surface area contributed by atoms with Crippen LogP contribution < -0.4 is 4.74 Å². The molecule has 0 aliphatic heterocycles. The molecular weight excluding hydrogens is 284 g/mol. The number of carbonyl (C=O) groups is 1. The number of benzene rings is 1. The standard InChI is InChI=1S/C21H32O2/c1-3-4-5-6-7-8-18-9-11-19(12-10-18)20-13-15-21(16-14-20)23-17(2)22/h13-16,18-19H,3-12H2,1-2H3. The van der Waals surface area contributed by atoms with Crippen LogP contribution in [0.1, 0.15) is 89.5 Å². The average Bonchev–Trinajstić information content (AvgIpc) is 2.55. The van der Waals surface area contributed by atoms with E-state index in [2.05, 4.69) is 19.1 Å². The van der Waals surface area contributed by atoms with Gasteiger partial charge in [0.05, 0.1) is 0 Å². The number of esters is 1. The number of unbranched alkanes of at least 4 members (excludes halogenated alkanes) is 4. The van der Waals surface area contributed by atoms with Gasteiger partial charge in [0.2, 0.25) is 0 Å². The maximum atomic E-state index is 11.0. The highest BCUT2D eigenvalue weighted by molar-refractivity contribution is 5.69. The fraction of sp³-hybridized carbons (Fsp3) is 0.667. The van der Waals surface area contributed by atoms with Gasteiger partial charge in [-0.15, -0.1) is 0 Å². The number of ether oxygens (including phenoxy) is 1. The largest absolute Gasteiger partial charge is 0.427 e. The summed E-state index contributed by atoms with van der Waals surface area (Å²) in [4.78, 5) is 11.0. The lowest BCUT2D eigenvalue weighted by atomic mass is 9.77. The fourth-order valence-corrected chi connectivity index (χ4v) is 3.80. The third-order valence-electron chi connectivity index (χ3n) is 5.18. The average molecular weight is 316 g/mol. The van der Waals surface area contributed by atoms with Crippen molar-refractivity contribution >= 4 is 5.97 Å². The number of carbonyl (C=O) groups excluding carboxylic acids is 1. The normalized spacial score (nSPS) is 21.1. The van der Waals surface area contributed by atoms with Gasteiger partial charge in [-0.3, -0.25) is 4.79 Å². The Morgan fingerprint density at radius 1 is 1.00 bits per heavy atom. The summed E-state index contributed by atoms with van der Waals surface area (Å²) in [6, 6.07) is 8.12. The number of rotatable bonds is 8. The van der Waals surface area contributed by atoms with Crippen LogP contribution in [0.15, 0.2) is 24.3 Å². The molecule has 1 fully saturated rings. The summed E-state index contributed by atoms with van der Waals surface area (Å²) >= 11 is 0. The molecule has 1 aliphatic rings. The molecular formula is C21H32O2. The van der Waals surface area contributed by atoms with Gasteiger partial charge in [-0.2, -0.15) is 0 Å². The zero-order valence-corrected chi connectivity index (χ0v) is 14.9. The highest BCUT2D eigenvalue weighted by atomic mass is 16.5. The maximum absolute atomic E-state index is 11.0.